The molecule has 2 heterocycles. The average molecular weight is 401 g/mol. The summed E-state index contributed by atoms with van der Waals surface area (Å²) < 4.78 is 16.8. The maximum absolute atomic E-state index is 12.4. The van der Waals surface area contributed by atoms with Crippen molar-refractivity contribution in [2.45, 2.75) is 31.8 Å². The molecule has 0 unspecified atom stereocenters. The number of thiophene rings is 1. The summed E-state index contributed by atoms with van der Waals surface area (Å²) in [5.74, 6) is 0.709. The minimum absolute atomic E-state index is 0.261. The lowest BCUT2D eigenvalue weighted by molar-refractivity contribution is -0.134. The number of hydrogen-bond donors (Lipinski definition) is 0. The predicted octanol–water partition coefficient (Wildman–Crippen LogP) is 3.08. The molecular formula is C21H23NO5S. The number of aryl methyl sites for hydroxylation is 1. The molecule has 0 saturated heterocycles. The Hall–Kier alpha value is -2.54. The molecule has 2 aliphatic rings. The molecule has 7 heteroatoms. The van der Waals surface area contributed by atoms with Gasteiger partial charge in [0.15, 0.2) is 24.2 Å². The van der Waals surface area contributed by atoms with Gasteiger partial charge in [-0.3, -0.25) is 4.79 Å². The Balaban J connectivity index is 1.28. The monoisotopic (exact) mass is 401 g/mol. The molecule has 0 spiro atoms. The average Bonchev–Trinajstić information content (AvgIpc) is 3.16. The molecule has 1 aliphatic heterocycles. The number of para-hydroxylation sites is 2. The van der Waals surface area contributed by atoms with Crippen LogP contribution in [0.4, 0.5) is 0 Å². The summed E-state index contributed by atoms with van der Waals surface area (Å²) in [6, 6.07) is 7.45. The molecule has 0 saturated carbocycles. The highest BCUT2D eigenvalue weighted by Gasteiger charge is 2.25. The molecule has 28 heavy (non-hydrogen) atoms. The standard InChI is InChI=1S/C21H23NO5S/c1-22(10-14-11-25-17-7-3-4-8-18(17)27-14)20(23)12-26-21(24)16-13-28-19-9-5-2-6-15(16)19/h3-4,7-8,13-14H,2,5-6,9-12H2,1H3/t14-/m1/s1. The first-order valence-corrected chi connectivity index (χ1v) is 10.4. The molecule has 2 aromatic rings. The number of amides is 1. The number of carbonyl (C=O) groups excluding carboxylic acids is 2. The van der Waals surface area contributed by atoms with E-state index in [4.69, 9.17) is 14.2 Å². The summed E-state index contributed by atoms with van der Waals surface area (Å²) in [6.45, 7) is 0.456. The number of hydrogen-bond acceptors (Lipinski definition) is 6. The zero-order valence-electron chi connectivity index (χ0n) is 15.8. The second-order valence-corrected chi connectivity index (χ2v) is 8.07. The fourth-order valence-corrected chi connectivity index (χ4v) is 4.66. The summed E-state index contributed by atoms with van der Waals surface area (Å²) in [4.78, 5) is 27.6. The van der Waals surface area contributed by atoms with Crippen molar-refractivity contribution in [2.75, 3.05) is 26.8 Å². The van der Waals surface area contributed by atoms with Crippen LogP contribution in [0, 0.1) is 0 Å². The third-order valence-electron chi connectivity index (χ3n) is 5.08. The van der Waals surface area contributed by atoms with Crippen LogP contribution in [-0.2, 0) is 22.4 Å². The third kappa shape index (κ3) is 3.99. The van der Waals surface area contributed by atoms with Gasteiger partial charge in [0.05, 0.1) is 12.1 Å². The quantitative estimate of drug-likeness (QED) is 0.721. The SMILES string of the molecule is CN(C[C@@H]1COc2ccccc2O1)C(=O)COC(=O)c1csc2c1CCCC2. The first-order chi connectivity index (χ1) is 13.6. The zero-order valence-corrected chi connectivity index (χ0v) is 16.6. The van der Waals surface area contributed by atoms with E-state index in [1.54, 1.807) is 18.4 Å². The van der Waals surface area contributed by atoms with Crippen LogP contribution in [0.1, 0.15) is 33.6 Å². The third-order valence-corrected chi connectivity index (χ3v) is 6.17. The number of ether oxygens (including phenoxy) is 3. The lowest BCUT2D eigenvalue weighted by atomic mass is 9.96. The van der Waals surface area contributed by atoms with Crippen molar-refractivity contribution in [3.05, 3.63) is 45.6 Å². The minimum atomic E-state index is -0.410. The van der Waals surface area contributed by atoms with Crippen LogP contribution in [0.25, 0.3) is 0 Å². The van der Waals surface area contributed by atoms with Gasteiger partial charge in [0.25, 0.3) is 5.91 Å². The molecule has 0 radical (unpaired) electrons. The highest BCUT2D eigenvalue weighted by atomic mass is 32.1. The minimum Gasteiger partial charge on any atom is -0.486 e. The number of carbonyl (C=O) groups is 2. The van der Waals surface area contributed by atoms with Crippen molar-refractivity contribution >= 4 is 23.2 Å². The number of fused-ring (bicyclic) bond motifs is 2. The van der Waals surface area contributed by atoms with Gasteiger partial charge in [-0.05, 0) is 43.4 Å². The summed E-state index contributed by atoms with van der Waals surface area (Å²) in [6.07, 6.45) is 3.95. The Labute approximate surface area is 168 Å². The van der Waals surface area contributed by atoms with Gasteiger partial charge in [0.2, 0.25) is 0 Å². The molecule has 148 valence electrons. The molecule has 1 aliphatic carbocycles. The van der Waals surface area contributed by atoms with Crippen molar-refractivity contribution in [3.8, 4) is 11.5 Å². The van der Waals surface area contributed by atoms with E-state index in [-0.39, 0.29) is 18.6 Å². The van der Waals surface area contributed by atoms with Crippen LogP contribution in [0.3, 0.4) is 0 Å². The molecule has 1 amide bonds. The molecule has 0 N–H and O–H groups in total. The Morgan fingerprint density at radius 3 is 2.86 bits per heavy atom. The van der Waals surface area contributed by atoms with E-state index in [1.165, 1.54) is 16.2 Å². The van der Waals surface area contributed by atoms with Gasteiger partial charge in [-0.1, -0.05) is 12.1 Å². The Bertz CT molecular complexity index is 877. The van der Waals surface area contributed by atoms with Crippen LogP contribution >= 0.6 is 11.3 Å². The molecular weight excluding hydrogens is 378 g/mol. The van der Waals surface area contributed by atoms with Crippen molar-refractivity contribution < 1.29 is 23.8 Å². The number of rotatable bonds is 5. The van der Waals surface area contributed by atoms with E-state index in [9.17, 15) is 9.59 Å². The number of nitrogens with zero attached hydrogens (tertiary/aromatic N) is 1. The second kappa shape index (κ2) is 8.22. The highest BCUT2D eigenvalue weighted by molar-refractivity contribution is 7.10. The number of likely N-dealkylation sites (N-methyl/N-ethyl adjacent to an activating group) is 1. The molecule has 1 atom stereocenters. The summed E-state index contributed by atoms with van der Waals surface area (Å²) >= 11 is 1.61. The van der Waals surface area contributed by atoms with Gasteiger partial charge < -0.3 is 19.1 Å². The van der Waals surface area contributed by atoms with E-state index in [2.05, 4.69) is 0 Å². The van der Waals surface area contributed by atoms with Gasteiger partial charge in [-0.15, -0.1) is 11.3 Å². The van der Waals surface area contributed by atoms with E-state index in [1.807, 2.05) is 29.6 Å². The molecule has 1 aromatic carbocycles. The zero-order chi connectivity index (χ0) is 19.5. The van der Waals surface area contributed by atoms with Gasteiger partial charge in [-0.2, -0.15) is 0 Å². The molecule has 4 rings (SSSR count). The summed E-state index contributed by atoms with van der Waals surface area (Å²) in [5, 5.41) is 1.86. The smallest absolute Gasteiger partial charge is 0.339 e. The highest BCUT2D eigenvalue weighted by Crippen LogP contribution is 2.31. The largest absolute Gasteiger partial charge is 0.486 e. The number of benzene rings is 1. The van der Waals surface area contributed by atoms with Crippen LogP contribution in [0.5, 0.6) is 11.5 Å². The van der Waals surface area contributed by atoms with E-state index >= 15 is 0 Å². The molecule has 1 aromatic heterocycles. The van der Waals surface area contributed by atoms with Crippen LogP contribution < -0.4 is 9.47 Å². The Morgan fingerprint density at radius 1 is 1.21 bits per heavy atom. The van der Waals surface area contributed by atoms with Crippen molar-refractivity contribution in [1.82, 2.24) is 4.90 Å². The van der Waals surface area contributed by atoms with Crippen LogP contribution in [0.15, 0.2) is 29.6 Å². The van der Waals surface area contributed by atoms with E-state index in [0.717, 1.165) is 24.8 Å². The lowest BCUT2D eigenvalue weighted by Crippen LogP contribution is -2.43. The van der Waals surface area contributed by atoms with Crippen LogP contribution in [0.2, 0.25) is 0 Å². The maximum atomic E-state index is 12.4. The summed E-state index contributed by atoms with van der Waals surface area (Å²) in [7, 11) is 1.67. The van der Waals surface area contributed by atoms with Gasteiger partial charge in [-0.25, -0.2) is 4.79 Å². The normalized spacial score (nSPS) is 17.5. The van der Waals surface area contributed by atoms with Crippen LogP contribution in [-0.4, -0.2) is 49.7 Å². The van der Waals surface area contributed by atoms with E-state index in [0.29, 0.717) is 30.2 Å². The van der Waals surface area contributed by atoms with Gasteiger partial charge in [0.1, 0.15) is 6.61 Å². The fourth-order valence-electron chi connectivity index (χ4n) is 3.54. The van der Waals surface area contributed by atoms with Crippen molar-refractivity contribution in [1.29, 1.82) is 0 Å². The first kappa shape index (κ1) is 18.8. The summed E-state index contributed by atoms with van der Waals surface area (Å²) in [5.41, 5.74) is 1.73. The fraction of sp³-hybridized carbons (Fsp3) is 0.429. The molecule has 6 nitrogen and oxygen atoms in total. The van der Waals surface area contributed by atoms with Crippen molar-refractivity contribution in [3.63, 3.8) is 0 Å². The van der Waals surface area contributed by atoms with Gasteiger partial charge >= 0.3 is 5.97 Å². The van der Waals surface area contributed by atoms with E-state index < -0.39 is 5.97 Å². The first-order valence-electron chi connectivity index (χ1n) is 9.50. The lowest BCUT2D eigenvalue weighted by Gasteiger charge is -2.29. The number of esters is 1. The second-order valence-electron chi connectivity index (χ2n) is 7.11. The topological polar surface area (TPSA) is 65.1 Å². The molecule has 0 bridgehead atoms. The van der Waals surface area contributed by atoms with Gasteiger partial charge in [0, 0.05) is 17.3 Å². The predicted molar refractivity (Wildman–Crippen MR) is 105 cm³/mol. The molecule has 0 fully saturated rings. The Morgan fingerprint density at radius 2 is 2.00 bits per heavy atom. The van der Waals surface area contributed by atoms with Crippen molar-refractivity contribution in [2.24, 2.45) is 0 Å². The maximum Gasteiger partial charge on any atom is 0.339 e. The Kier molecular flexibility index (Phi) is 5.52.